The molecule has 1 aliphatic rings. The minimum Gasteiger partial charge on any atom is -0.362 e. The molecule has 2 aromatic rings. The number of carbonyl (C=O) groups is 1. The van der Waals surface area contributed by atoms with Gasteiger partial charge < -0.3 is 9.64 Å². The second-order valence-corrected chi connectivity index (χ2v) is 6.05. The van der Waals surface area contributed by atoms with Gasteiger partial charge in [0.2, 0.25) is 5.91 Å². The first-order chi connectivity index (χ1) is 10.6. The molecule has 1 aliphatic heterocycles. The Balaban J connectivity index is 1.75. The van der Waals surface area contributed by atoms with Crippen LogP contribution in [-0.4, -0.2) is 24.0 Å². The Bertz CT molecular complexity index is 676. The third kappa shape index (κ3) is 3.43. The summed E-state index contributed by atoms with van der Waals surface area (Å²) in [7, 11) is 0. The first kappa shape index (κ1) is 15.3. The molecule has 1 saturated heterocycles. The number of ether oxygens (including phenoxy) is 1. The van der Waals surface area contributed by atoms with Gasteiger partial charge in [-0.2, -0.15) is 0 Å². The van der Waals surface area contributed by atoms with E-state index in [1.165, 1.54) is 0 Å². The second kappa shape index (κ2) is 6.69. The minimum atomic E-state index is -0.184. The van der Waals surface area contributed by atoms with Crippen LogP contribution in [0.5, 0.6) is 0 Å². The molecule has 1 amide bonds. The van der Waals surface area contributed by atoms with Crippen LogP contribution in [0, 0.1) is 0 Å². The van der Waals surface area contributed by atoms with Gasteiger partial charge in [0.1, 0.15) is 12.7 Å². The van der Waals surface area contributed by atoms with Gasteiger partial charge in [-0.3, -0.25) is 4.79 Å². The van der Waals surface area contributed by atoms with Crippen molar-refractivity contribution in [2.45, 2.75) is 12.6 Å². The molecule has 0 saturated carbocycles. The van der Waals surface area contributed by atoms with E-state index in [2.05, 4.69) is 0 Å². The van der Waals surface area contributed by atoms with Crippen molar-refractivity contribution in [3.8, 4) is 0 Å². The van der Waals surface area contributed by atoms with E-state index in [-0.39, 0.29) is 18.6 Å². The molecule has 0 spiro atoms. The fourth-order valence-electron chi connectivity index (χ4n) is 2.49. The quantitative estimate of drug-likeness (QED) is 0.845. The molecule has 2 aromatic carbocycles. The van der Waals surface area contributed by atoms with Crippen LogP contribution in [0.4, 0.5) is 0 Å². The molecule has 0 N–H and O–H groups in total. The average Bonchev–Trinajstić information content (AvgIpc) is 2.53. The van der Waals surface area contributed by atoms with Crippen molar-refractivity contribution >= 4 is 29.1 Å². The summed E-state index contributed by atoms with van der Waals surface area (Å²) in [5.74, 6) is 0.000151. The summed E-state index contributed by atoms with van der Waals surface area (Å²) < 4.78 is 5.65. The Morgan fingerprint density at radius 3 is 2.59 bits per heavy atom. The smallest absolute Gasteiger partial charge is 0.249 e. The summed E-state index contributed by atoms with van der Waals surface area (Å²) in [5.41, 5.74) is 2.03. The van der Waals surface area contributed by atoms with Crippen LogP contribution in [-0.2, 0) is 16.1 Å². The van der Waals surface area contributed by atoms with Crippen molar-refractivity contribution in [1.82, 2.24) is 4.90 Å². The standard InChI is InChI=1S/C17H15Cl2NO2/c18-14-7-6-13(8-15(14)19)16-10-20(17(21)11-22-16)9-12-4-2-1-3-5-12/h1-8,16H,9-11H2. The zero-order chi connectivity index (χ0) is 15.5. The Labute approximate surface area is 139 Å². The summed E-state index contributed by atoms with van der Waals surface area (Å²) >= 11 is 12.0. The third-order valence-corrected chi connectivity index (χ3v) is 4.42. The number of morpholine rings is 1. The highest BCUT2D eigenvalue weighted by atomic mass is 35.5. The van der Waals surface area contributed by atoms with E-state index in [9.17, 15) is 4.79 Å². The number of amides is 1. The van der Waals surface area contributed by atoms with Crippen LogP contribution in [0.3, 0.4) is 0 Å². The predicted molar refractivity (Wildman–Crippen MR) is 87.0 cm³/mol. The van der Waals surface area contributed by atoms with E-state index in [1.54, 1.807) is 12.1 Å². The number of hydrogen-bond donors (Lipinski definition) is 0. The first-order valence-corrected chi connectivity index (χ1v) is 7.77. The van der Waals surface area contributed by atoms with Crippen LogP contribution >= 0.6 is 23.2 Å². The molecule has 0 bridgehead atoms. The Morgan fingerprint density at radius 1 is 1.09 bits per heavy atom. The van der Waals surface area contributed by atoms with Crippen molar-refractivity contribution in [3.63, 3.8) is 0 Å². The summed E-state index contributed by atoms with van der Waals surface area (Å²) in [5, 5.41) is 1.01. The minimum absolute atomic E-state index is 0.000151. The van der Waals surface area contributed by atoms with E-state index >= 15 is 0 Å². The van der Waals surface area contributed by atoms with Gasteiger partial charge >= 0.3 is 0 Å². The molecule has 0 aromatic heterocycles. The van der Waals surface area contributed by atoms with Crippen LogP contribution < -0.4 is 0 Å². The van der Waals surface area contributed by atoms with E-state index in [4.69, 9.17) is 27.9 Å². The van der Waals surface area contributed by atoms with Gasteiger partial charge in [0.15, 0.2) is 0 Å². The summed E-state index contributed by atoms with van der Waals surface area (Å²) in [6.07, 6.45) is -0.184. The van der Waals surface area contributed by atoms with Gasteiger partial charge in [0.25, 0.3) is 0 Å². The van der Waals surface area contributed by atoms with Crippen LogP contribution in [0.25, 0.3) is 0 Å². The number of carbonyl (C=O) groups excluding carboxylic acids is 1. The van der Waals surface area contributed by atoms with Crippen LogP contribution in [0.15, 0.2) is 48.5 Å². The number of rotatable bonds is 3. The predicted octanol–water partition coefficient (Wildman–Crippen LogP) is 4.09. The number of benzene rings is 2. The maximum Gasteiger partial charge on any atom is 0.249 e. The molecule has 3 rings (SSSR count). The van der Waals surface area contributed by atoms with Crippen molar-refractivity contribution in [2.24, 2.45) is 0 Å². The van der Waals surface area contributed by atoms with Crippen molar-refractivity contribution < 1.29 is 9.53 Å². The van der Waals surface area contributed by atoms with Gasteiger partial charge in [-0.1, -0.05) is 59.6 Å². The molecule has 0 radical (unpaired) electrons. The molecule has 1 atom stereocenters. The zero-order valence-corrected chi connectivity index (χ0v) is 13.3. The molecule has 1 fully saturated rings. The highest BCUT2D eigenvalue weighted by Gasteiger charge is 2.27. The lowest BCUT2D eigenvalue weighted by Crippen LogP contribution is -2.42. The lowest BCUT2D eigenvalue weighted by Gasteiger charge is -2.33. The maximum absolute atomic E-state index is 12.1. The van der Waals surface area contributed by atoms with Gasteiger partial charge in [0.05, 0.1) is 16.6 Å². The molecule has 1 heterocycles. The normalized spacial score (nSPS) is 18.5. The lowest BCUT2D eigenvalue weighted by molar-refractivity contribution is -0.150. The van der Waals surface area contributed by atoms with E-state index in [0.717, 1.165) is 11.1 Å². The number of halogens is 2. The second-order valence-electron chi connectivity index (χ2n) is 5.23. The zero-order valence-electron chi connectivity index (χ0n) is 11.8. The molecular weight excluding hydrogens is 321 g/mol. The van der Waals surface area contributed by atoms with E-state index in [0.29, 0.717) is 23.1 Å². The molecule has 0 aliphatic carbocycles. The Hall–Kier alpha value is -1.55. The Kier molecular flexibility index (Phi) is 4.67. The highest BCUT2D eigenvalue weighted by Crippen LogP contribution is 2.29. The summed E-state index contributed by atoms with van der Waals surface area (Å²) in [4.78, 5) is 13.9. The number of hydrogen-bond acceptors (Lipinski definition) is 2. The number of nitrogens with zero attached hydrogens (tertiary/aromatic N) is 1. The average molecular weight is 336 g/mol. The van der Waals surface area contributed by atoms with Gasteiger partial charge in [-0.05, 0) is 23.3 Å². The van der Waals surface area contributed by atoms with Gasteiger partial charge in [0, 0.05) is 6.54 Å². The monoisotopic (exact) mass is 335 g/mol. The van der Waals surface area contributed by atoms with Gasteiger partial charge in [-0.25, -0.2) is 0 Å². The van der Waals surface area contributed by atoms with Crippen LogP contribution in [0.1, 0.15) is 17.2 Å². The van der Waals surface area contributed by atoms with E-state index in [1.807, 2.05) is 41.3 Å². The molecule has 114 valence electrons. The summed E-state index contributed by atoms with van der Waals surface area (Å²) in [6.45, 7) is 1.17. The molecule has 5 heteroatoms. The SMILES string of the molecule is O=C1COC(c2ccc(Cl)c(Cl)c2)CN1Cc1ccccc1. The lowest BCUT2D eigenvalue weighted by atomic mass is 10.1. The van der Waals surface area contributed by atoms with E-state index < -0.39 is 0 Å². The maximum atomic E-state index is 12.1. The van der Waals surface area contributed by atoms with Crippen molar-refractivity contribution in [3.05, 3.63) is 69.7 Å². The van der Waals surface area contributed by atoms with Crippen LogP contribution in [0.2, 0.25) is 10.0 Å². The van der Waals surface area contributed by atoms with Crippen molar-refractivity contribution in [2.75, 3.05) is 13.2 Å². The third-order valence-electron chi connectivity index (χ3n) is 3.68. The Morgan fingerprint density at radius 2 is 1.86 bits per heavy atom. The molecular formula is C17H15Cl2NO2. The van der Waals surface area contributed by atoms with Gasteiger partial charge in [-0.15, -0.1) is 0 Å². The fraction of sp³-hybridized carbons (Fsp3) is 0.235. The first-order valence-electron chi connectivity index (χ1n) is 7.02. The largest absolute Gasteiger partial charge is 0.362 e. The fourth-order valence-corrected chi connectivity index (χ4v) is 2.80. The molecule has 1 unspecified atom stereocenters. The highest BCUT2D eigenvalue weighted by molar-refractivity contribution is 6.42. The van der Waals surface area contributed by atoms with Crippen molar-refractivity contribution in [1.29, 1.82) is 0 Å². The summed E-state index contributed by atoms with van der Waals surface area (Å²) in [6, 6.07) is 15.4. The molecule has 3 nitrogen and oxygen atoms in total. The molecule has 22 heavy (non-hydrogen) atoms. The topological polar surface area (TPSA) is 29.5 Å².